The number of rotatable bonds is 2. The van der Waals surface area contributed by atoms with E-state index in [0.29, 0.717) is 31.9 Å². The summed E-state index contributed by atoms with van der Waals surface area (Å²) in [5, 5.41) is 0. The van der Waals surface area contributed by atoms with Gasteiger partial charge in [-0.15, -0.1) is 0 Å². The summed E-state index contributed by atoms with van der Waals surface area (Å²) in [6, 6.07) is 10.9. The molecule has 2 heterocycles. The molecule has 0 atom stereocenters. The summed E-state index contributed by atoms with van der Waals surface area (Å²) < 4.78 is 7.37. The van der Waals surface area contributed by atoms with Gasteiger partial charge in [-0.1, -0.05) is 18.2 Å². The zero-order valence-electron chi connectivity index (χ0n) is 14.9. The van der Waals surface area contributed by atoms with Crippen molar-refractivity contribution in [3.8, 4) is 5.75 Å². The standard InChI is InChI=1S/C19H23N3O3/c1-14-13-17(15(2)20(14)3)18(23)21-9-11-22(12-10-21)19(24)25-16-7-5-4-6-8-16/h4-8,13H,9-12H2,1-3H3. The lowest BCUT2D eigenvalue weighted by Crippen LogP contribution is -2.51. The Balaban J connectivity index is 1.59. The summed E-state index contributed by atoms with van der Waals surface area (Å²) in [5.74, 6) is 0.554. The van der Waals surface area contributed by atoms with Crippen LogP contribution in [-0.2, 0) is 7.05 Å². The lowest BCUT2D eigenvalue weighted by atomic mass is 10.2. The van der Waals surface area contributed by atoms with E-state index in [0.717, 1.165) is 17.0 Å². The molecule has 1 aliphatic rings. The number of carbonyl (C=O) groups is 2. The van der Waals surface area contributed by atoms with Gasteiger partial charge in [0.15, 0.2) is 0 Å². The first kappa shape index (κ1) is 17.1. The van der Waals surface area contributed by atoms with Crippen molar-refractivity contribution in [2.75, 3.05) is 26.2 Å². The molecule has 6 nitrogen and oxygen atoms in total. The van der Waals surface area contributed by atoms with E-state index in [1.54, 1.807) is 21.9 Å². The van der Waals surface area contributed by atoms with E-state index in [1.165, 1.54) is 0 Å². The third-order valence-corrected chi connectivity index (χ3v) is 4.78. The first-order chi connectivity index (χ1) is 12.0. The van der Waals surface area contributed by atoms with Crippen LogP contribution in [0.25, 0.3) is 0 Å². The molecule has 3 rings (SSSR count). The molecular weight excluding hydrogens is 318 g/mol. The summed E-state index contributed by atoms with van der Waals surface area (Å²) in [7, 11) is 1.96. The van der Waals surface area contributed by atoms with E-state index >= 15 is 0 Å². The zero-order valence-corrected chi connectivity index (χ0v) is 14.9. The highest BCUT2D eigenvalue weighted by Crippen LogP contribution is 2.17. The van der Waals surface area contributed by atoms with Gasteiger partial charge in [0.1, 0.15) is 5.75 Å². The highest BCUT2D eigenvalue weighted by Gasteiger charge is 2.27. The Morgan fingerprint density at radius 2 is 1.56 bits per heavy atom. The molecule has 2 aromatic rings. The number of carbonyl (C=O) groups excluding carboxylic acids is 2. The summed E-state index contributed by atoms with van der Waals surface area (Å²) >= 11 is 0. The number of hydrogen-bond donors (Lipinski definition) is 0. The second kappa shape index (κ2) is 7.01. The Kier molecular flexibility index (Phi) is 4.79. The highest BCUT2D eigenvalue weighted by atomic mass is 16.6. The molecule has 0 bridgehead atoms. The molecule has 0 saturated carbocycles. The first-order valence-electron chi connectivity index (χ1n) is 8.41. The molecular formula is C19H23N3O3. The number of hydrogen-bond acceptors (Lipinski definition) is 3. The molecule has 0 aliphatic carbocycles. The van der Waals surface area contributed by atoms with Gasteiger partial charge >= 0.3 is 6.09 Å². The van der Waals surface area contributed by atoms with Gasteiger partial charge in [0.2, 0.25) is 0 Å². The smallest absolute Gasteiger partial charge is 0.410 e. The van der Waals surface area contributed by atoms with Crippen LogP contribution in [0.2, 0.25) is 0 Å². The van der Waals surface area contributed by atoms with Crippen molar-refractivity contribution in [2.24, 2.45) is 7.05 Å². The Labute approximate surface area is 147 Å². The van der Waals surface area contributed by atoms with Crippen LogP contribution in [-0.4, -0.2) is 52.5 Å². The number of piperazine rings is 1. The van der Waals surface area contributed by atoms with Gasteiger partial charge in [0.25, 0.3) is 5.91 Å². The monoisotopic (exact) mass is 341 g/mol. The van der Waals surface area contributed by atoms with Crippen molar-refractivity contribution in [1.29, 1.82) is 0 Å². The van der Waals surface area contributed by atoms with Crippen molar-refractivity contribution >= 4 is 12.0 Å². The molecule has 1 aliphatic heterocycles. The average Bonchev–Trinajstić information content (AvgIpc) is 2.89. The fraction of sp³-hybridized carbons (Fsp3) is 0.368. The number of para-hydroxylation sites is 1. The second-order valence-electron chi connectivity index (χ2n) is 6.30. The Bertz CT molecular complexity index is 775. The van der Waals surface area contributed by atoms with Crippen LogP contribution in [0.4, 0.5) is 4.79 Å². The summed E-state index contributed by atoms with van der Waals surface area (Å²) in [6.45, 7) is 5.91. The average molecular weight is 341 g/mol. The van der Waals surface area contributed by atoms with Crippen LogP contribution in [0.5, 0.6) is 5.75 Å². The van der Waals surface area contributed by atoms with E-state index in [2.05, 4.69) is 0 Å². The lowest BCUT2D eigenvalue weighted by Gasteiger charge is -2.34. The topological polar surface area (TPSA) is 54.8 Å². The summed E-state index contributed by atoms with van der Waals surface area (Å²) in [4.78, 5) is 28.4. The van der Waals surface area contributed by atoms with Crippen LogP contribution in [0.1, 0.15) is 21.7 Å². The van der Waals surface area contributed by atoms with Gasteiger partial charge in [-0.25, -0.2) is 4.79 Å². The predicted molar refractivity (Wildman–Crippen MR) is 94.8 cm³/mol. The SMILES string of the molecule is Cc1cc(C(=O)N2CCN(C(=O)Oc3ccccc3)CC2)c(C)n1C. The predicted octanol–water partition coefficient (Wildman–Crippen LogP) is 2.60. The number of ether oxygens (including phenoxy) is 1. The number of benzene rings is 1. The molecule has 1 aromatic heterocycles. The number of aryl methyl sites for hydroxylation is 1. The normalized spacial score (nSPS) is 14.5. The molecule has 132 valence electrons. The minimum absolute atomic E-state index is 0.0253. The van der Waals surface area contributed by atoms with Gasteiger partial charge in [-0.2, -0.15) is 0 Å². The van der Waals surface area contributed by atoms with Crippen molar-refractivity contribution < 1.29 is 14.3 Å². The van der Waals surface area contributed by atoms with Crippen LogP contribution < -0.4 is 4.74 Å². The Hall–Kier alpha value is -2.76. The van der Waals surface area contributed by atoms with Crippen LogP contribution in [0.3, 0.4) is 0 Å². The maximum Gasteiger partial charge on any atom is 0.415 e. The minimum Gasteiger partial charge on any atom is -0.410 e. The van der Waals surface area contributed by atoms with Crippen molar-refractivity contribution in [1.82, 2.24) is 14.4 Å². The third-order valence-electron chi connectivity index (χ3n) is 4.78. The fourth-order valence-electron chi connectivity index (χ4n) is 2.99. The van der Waals surface area contributed by atoms with Crippen LogP contribution in [0.15, 0.2) is 36.4 Å². The first-order valence-corrected chi connectivity index (χ1v) is 8.41. The number of amides is 2. The van der Waals surface area contributed by atoms with Crippen LogP contribution >= 0.6 is 0 Å². The van der Waals surface area contributed by atoms with E-state index < -0.39 is 0 Å². The third kappa shape index (κ3) is 3.52. The zero-order chi connectivity index (χ0) is 18.0. The maximum absolute atomic E-state index is 12.7. The molecule has 6 heteroatoms. The quantitative estimate of drug-likeness (QED) is 0.844. The number of nitrogens with zero attached hydrogens (tertiary/aromatic N) is 3. The Morgan fingerprint density at radius 1 is 0.960 bits per heavy atom. The minimum atomic E-state index is -0.370. The van der Waals surface area contributed by atoms with Gasteiger partial charge in [0.05, 0.1) is 5.56 Å². The molecule has 2 amide bonds. The van der Waals surface area contributed by atoms with Crippen molar-refractivity contribution in [2.45, 2.75) is 13.8 Å². The van der Waals surface area contributed by atoms with Gasteiger partial charge in [-0.3, -0.25) is 4.79 Å². The fourth-order valence-corrected chi connectivity index (χ4v) is 2.99. The van der Waals surface area contributed by atoms with E-state index in [-0.39, 0.29) is 12.0 Å². The largest absolute Gasteiger partial charge is 0.415 e. The van der Waals surface area contributed by atoms with Crippen molar-refractivity contribution in [3.63, 3.8) is 0 Å². The Morgan fingerprint density at radius 3 is 2.12 bits per heavy atom. The molecule has 0 spiro atoms. The van der Waals surface area contributed by atoms with Gasteiger partial charge < -0.3 is 19.1 Å². The van der Waals surface area contributed by atoms with E-state index in [4.69, 9.17) is 4.74 Å². The van der Waals surface area contributed by atoms with Crippen LogP contribution in [0, 0.1) is 13.8 Å². The molecule has 1 aromatic carbocycles. The summed E-state index contributed by atoms with van der Waals surface area (Å²) in [6.07, 6.45) is -0.370. The van der Waals surface area contributed by atoms with Gasteiger partial charge in [0, 0.05) is 44.6 Å². The van der Waals surface area contributed by atoms with Crippen molar-refractivity contribution in [3.05, 3.63) is 53.3 Å². The molecule has 1 saturated heterocycles. The summed E-state index contributed by atoms with van der Waals surface area (Å²) in [5.41, 5.74) is 2.76. The molecule has 0 unspecified atom stereocenters. The van der Waals surface area contributed by atoms with Gasteiger partial charge in [-0.05, 0) is 32.0 Å². The second-order valence-corrected chi connectivity index (χ2v) is 6.30. The lowest BCUT2D eigenvalue weighted by molar-refractivity contribution is 0.0632. The maximum atomic E-state index is 12.7. The molecule has 25 heavy (non-hydrogen) atoms. The van der Waals surface area contributed by atoms with E-state index in [1.807, 2.05) is 49.7 Å². The molecule has 0 N–H and O–H groups in total. The van der Waals surface area contributed by atoms with E-state index in [9.17, 15) is 9.59 Å². The highest BCUT2D eigenvalue weighted by molar-refractivity contribution is 5.95. The molecule has 0 radical (unpaired) electrons. The molecule has 1 fully saturated rings. The number of aromatic nitrogens is 1.